The molecule has 1 fully saturated rings. The lowest BCUT2D eigenvalue weighted by molar-refractivity contribution is 0.228. The Morgan fingerprint density at radius 3 is 2.68 bits per heavy atom. The number of likely N-dealkylation sites (tertiary alicyclic amines) is 1. The Hall–Kier alpha value is -1.91. The van der Waals surface area contributed by atoms with Crippen LogP contribution in [0.25, 0.3) is 0 Å². The highest BCUT2D eigenvalue weighted by Crippen LogP contribution is 2.25. The van der Waals surface area contributed by atoms with Gasteiger partial charge in [0.05, 0.1) is 6.54 Å². The number of guanidine groups is 1. The number of aliphatic imine (C=N–C) groups is 1. The van der Waals surface area contributed by atoms with Crippen molar-refractivity contribution in [2.24, 2.45) is 4.99 Å². The summed E-state index contributed by atoms with van der Waals surface area (Å²) >= 11 is 0. The normalized spacial score (nSPS) is 16.4. The molecule has 154 valence electrons. The van der Waals surface area contributed by atoms with Crippen molar-refractivity contribution < 1.29 is 9.13 Å². The van der Waals surface area contributed by atoms with Gasteiger partial charge in [-0.3, -0.25) is 5.10 Å². The summed E-state index contributed by atoms with van der Waals surface area (Å²) in [7, 11) is 0. The van der Waals surface area contributed by atoms with Crippen LogP contribution in [0.15, 0.2) is 35.6 Å². The maximum Gasteiger partial charge on any atom is 0.194 e. The third-order valence-corrected chi connectivity index (χ3v) is 4.60. The molecule has 28 heavy (non-hydrogen) atoms. The van der Waals surface area contributed by atoms with Gasteiger partial charge in [0.25, 0.3) is 0 Å². The zero-order valence-electron chi connectivity index (χ0n) is 16.3. The second-order valence-electron chi connectivity index (χ2n) is 6.71. The average Bonchev–Trinajstić information content (AvgIpc) is 3.22. The molecule has 3 rings (SSSR count). The first-order valence-corrected chi connectivity index (χ1v) is 9.46. The molecular weight excluding hydrogens is 474 g/mol. The fourth-order valence-electron chi connectivity index (χ4n) is 3.20. The van der Waals surface area contributed by atoms with E-state index in [-0.39, 0.29) is 35.9 Å². The third kappa shape index (κ3) is 6.32. The Labute approximate surface area is 182 Å². The van der Waals surface area contributed by atoms with E-state index >= 15 is 0 Å². The lowest BCUT2D eigenvalue weighted by Gasteiger charge is -2.33. The van der Waals surface area contributed by atoms with E-state index < -0.39 is 0 Å². The molecule has 0 bridgehead atoms. The molecule has 0 amide bonds. The Bertz CT molecular complexity index is 717. The molecule has 2 aromatic rings. The smallest absolute Gasteiger partial charge is 0.194 e. The Kier molecular flexibility index (Phi) is 8.94. The highest BCUT2D eigenvalue weighted by atomic mass is 127. The van der Waals surface area contributed by atoms with Crippen LogP contribution >= 0.6 is 24.0 Å². The van der Waals surface area contributed by atoms with E-state index in [4.69, 9.17) is 9.73 Å². The molecule has 2 heterocycles. The maximum atomic E-state index is 13.0. The average molecular weight is 502 g/mol. The number of hydrogen-bond acceptors (Lipinski definition) is 4. The van der Waals surface area contributed by atoms with Crippen molar-refractivity contribution in [3.05, 3.63) is 42.2 Å². The van der Waals surface area contributed by atoms with E-state index in [0.29, 0.717) is 18.2 Å². The second kappa shape index (κ2) is 11.2. The van der Waals surface area contributed by atoms with Gasteiger partial charge in [0.15, 0.2) is 5.96 Å². The fourth-order valence-corrected chi connectivity index (χ4v) is 3.20. The van der Waals surface area contributed by atoms with Crippen molar-refractivity contribution in [2.45, 2.75) is 38.7 Å². The Morgan fingerprint density at radius 1 is 1.36 bits per heavy atom. The fraction of sp³-hybridized carbons (Fsp3) is 0.526. The molecule has 1 saturated heterocycles. The van der Waals surface area contributed by atoms with Crippen LogP contribution in [0.1, 0.15) is 38.4 Å². The van der Waals surface area contributed by atoms with Gasteiger partial charge in [-0.15, -0.1) is 24.0 Å². The predicted molar refractivity (Wildman–Crippen MR) is 118 cm³/mol. The van der Waals surface area contributed by atoms with Gasteiger partial charge in [0.2, 0.25) is 0 Å². The monoisotopic (exact) mass is 502 g/mol. The minimum Gasteiger partial charge on any atom is -0.489 e. The number of H-pyrrole nitrogens is 1. The van der Waals surface area contributed by atoms with Crippen LogP contribution in [0.5, 0.6) is 5.75 Å². The van der Waals surface area contributed by atoms with Crippen LogP contribution in [-0.2, 0) is 0 Å². The molecule has 9 heteroatoms. The molecule has 1 unspecified atom stereocenters. The molecule has 1 aromatic heterocycles. The lowest BCUT2D eigenvalue weighted by Crippen LogP contribution is -2.45. The summed E-state index contributed by atoms with van der Waals surface area (Å²) in [5.74, 6) is 2.68. The molecule has 0 saturated carbocycles. The summed E-state index contributed by atoms with van der Waals surface area (Å²) in [5, 5.41) is 10.3. The van der Waals surface area contributed by atoms with Gasteiger partial charge in [0.1, 0.15) is 29.8 Å². The first kappa shape index (κ1) is 22.4. The minimum absolute atomic E-state index is 0. The summed E-state index contributed by atoms with van der Waals surface area (Å²) < 4.78 is 18.8. The van der Waals surface area contributed by atoms with Crippen molar-refractivity contribution in [1.82, 2.24) is 25.4 Å². The number of ether oxygens (including phenoxy) is 1. The standard InChI is InChI=1S/C19H27FN6O.HI/c1-3-21-19(22-12-14(2)27-17-6-4-16(20)5-7-17)26-10-8-15(9-11-26)18-23-13-24-25-18;/h4-7,13-15H,3,8-12H2,1-2H3,(H,21,22)(H,23,24,25);1H. The molecule has 0 aliphatic carbocycles. The van der Waals surface area contributed by atoms with Crippen LogP contribution in [0, 0.1) is 5.82 Å². The van der Waals surface area contributed by atoms with Crippen molar-refractivity contribution in [3.63, 3.8) is 0 Å². The van der Waals surface area contributed by atoms with Crippen LogP contribution < -0.4 is 10.1 Å². The summed E-state index contributed by atoms with van der Waals surface area (Å²) in [4.78, 5) is 11.3. The second-order valence-corrected chi connectivity index (χ2v) is 6.71. The SMILES string of the molecule is CCNC(=NCC(C)Oc1ccc(F)cc1)N1CCC(c2ncn[nH]2)CC1.I. The van der Waals surface area contributed by atoms with Crippen LogP contribution in [0.2, 0.25) is 0 Å². The number of aromatic amines is 1. The first-order valence-electron chi connectivity index (χ1n) is 9.46. The van der Waals surface area contributed by atoms with Gasteiger partial charge in [-0.05, 0) is 51.0 Å². The predicted octanol–water partition coefficient (Wildman–Crippen LogP) is 3.17. The van der Waals surface area contributed by atoms with E-state index in [0.717, 1.165) is 44.3 Å². The number of piperidine rings is 1. The summed E-state index contributed by atoms with van der Waals surface area (Å²) in [5.41, 5.74) is 0. The first-order chi connectivity index (χ1) is 13.2. The highest BCUT2D eigenvalue weighted by Gasteiger charge is 2.24. The van der Waals surface area contributed by atoms with Crippen molar-refractivity contribution >= 4 is 29.9 Å². The lowest BCUT2D eigenvalue weighted by atomic mass is 9.96. The molecule has 1 aromatic carbocycles. The maximum absolute atomic E-state index is 13.0. The Balaban J connectivity index is 0.00000280. The van der Waals surface area contributed by atoms with E-state index in [1.807, 2.05) is 6.92 Å². The molecule has 1 aliphatic heterocycles. The van der Waals surface area contributed by atoms with Crippen molar-refractivity contribution in [1.29, 1.82) is 0 Å². The number of benzene rings is 1. The zero-order chi connectivity index (χ0) is 19.1. The van der Waals surface area contributed by atoms with Gasteiger partial charge >= 0.3 is 0 Å². The number of nitrogens with zero attached hydrogens (tertiary/aromatic N) is 4. The molecule has 1 aliphatic rings. The highest BCUT2D eigenvalue weighted by molar-refractivity contribution is 14.0. The molecule has 2 N–H and O–H groups in total. The Morgan fingerprint density at radius 2 is 2.07 bits per heavy atom. The van der Waals surface area contributed by atoms with E-state index in [1.54, 1.807) is 18.5 Å². The molecular formula is C19H28FIN6O. The van der Waals surface area contributed by atoms with Gasteiger partial charge in [0, 0.05) is 25.6 Å². The van der Waals surface area contributed by atoms with Gasteiger partial charge < -0.3 is 15.0 Å². The number of hydrogen-bond donors (Lipinski definition) is 2. The van der Waals surface area contributed by atoms with E-state index in [1.165, 1.54) is 12.1 Å². The van der Waals surface area contributed by atoms with Gasteiger partial charge in [-0.2, -0.15) is 5.10 Å². The van der Waals surface area contributed by atoms with Crippen molar-refractivity contribution in [2.75, 3.05) is 26.2 Å². The molecule has 0 radical (unpaired) electrons. The van der Waals surface area contributed by atoms with Crippen molar-refractivity contribution in [3.8, 4) is 5.75 Å². The summed E-state index contributed by atoms with van der Waals surface area (Å²) in [6.45, 7) is 7.21. The van der Waals surface area contributed by atoms with Crippen LogP contribution in [0.4, 0.5) is 4.39 Å². The van der Waals surface area contributed by atoms with Crippen LogP contribution in [0.3, 0.4) is 0 Å². The zero-order valence-corrected chi connectivity index (χ0v) is 18.6. The number of halogens is 2. The quantitative estimate of drug-likeness (QED) is 0.361. The molecule has 1 atom stereocenters. The van der Waals surface area contributed by atoms with Crippen LogP contribution in [-0.4, -0.2) is 58.3 Å². The number of aromatic nitrogens is 3. The van der Waals surface area contributed by atoms with E-state index in [9.17, 15) is 4.39 Å². The summed E-state index contributed by atoms with van der Waals surface area (Å²) in [6, 6.07) is 6.06. The van der Waals surface area contributed by atoms with Gasteiger partial charge in [-0.25, -0.2) is 14.4 Å². The topological polar surface area (TPSA) is 78.4 Å². The van der Waals surface area contributed by atoms with E-state index in [2.05, 4.69) is 32.3 Å². The minimum atomic E-state index is -0.267. The largest absolute Gasteiger partial charge is 0.489 e. The number of nitrogens with one attached hydrogen (secondary N) is 2. The molecule has 7 nitrogen and oxygen atoms in total. The number of rotatable bonds is 6. The summed E-state index contributed by atoms with van der Waals surface area (Å²) in [6.07, 6.45) is 3.49. The van der Waals surface area contributed by atoms with Gasteiger partial charge in [-0.1, -0.05) is 0 Å². The third-order valence-electron chi connectivity index (χ3n) is 4.60. The molecule has 0 spiro atoms.